The van der Waals surface area contributed by atoms with Crippen molar-refractivity contribution in [1.82, 2.24) is 0 Å². The van der Waals surface area contributed by atoms with Crippen molar-refractivity contribution in [3.05, 3.63) is 23.8 Å². The average Bonchev–Trinajstić information content (AvgIpc) is 3.67. The van der Waals surface area contributed by atoms with Crippen LogP contribution in [0.15, 0.2) is 23.8 Å². The van der Waals surface area contributed by atoms with Crippen LogP contribution in [0.2, 0.25) is 0 Å². The van der Waals surface area contributed by atoms with Gasteiger partial charge in [-0.05, 0) is 68.1 Å². The molecule has 4 saturated heterocycles. The van der Waals surface area contributed by atoms with Gasteiger partial charge in [-0.2, -0.15) is 0 Å². The smallest absolute Gasteiger partial charge is 0.187 e. The predicted molar refractivity (Wildman–Crippen MR) is 214 cm³/mol. The Morgan fingerprint density at radius 2 is 1.51 bits per heavy atom. The van der Waals surface area contributed by atoms with Gasteiger partial charge < -0.3 is 94.4 Å². The Balaban J connectivity index is 0.955. The number of aliphatic hydroxyl groups is 12. The molecular weight excluding hydrogens is 832 g/mol. The molecule has 3 saturated carbocycles. The Hall–Kier alpha value is -1.28. The molecule has 0 amide bonds. The van der Waals surface area contributed by atoms with Crippen molar-refractivity contribution >= 4 is 0 Å². The van der Waals surface area contributed by atoms with Gasteiger partial charge in [0.25, 0.3) is 0 Å². The summed E-state index contributed by atoms with van der Waals surface area (Å²) < 4.78 is 42.0. The van der Waals surface area contributed by atoms with E-state index in [9.17, 15) is 61.3 Å². The quantitative estimate of drug-likeness (QED) is 0.0968. The Labute approximate surface area is 366 Å². The molecule has 0 radical (unpaired) electrons. The number of aliphatic hydroxyl groups excluding tert-OH is 11. The Kier molecular flexibility index (Phi) is 13.8. The molecule has 63 heavy (non-hydrogen) atoms. The van der Waals surface area contributed by atoms with Gasteiger partial charge >= 0.3 is 0 Å². The lowest BCUT2D eigenvalue weighted by Crippen LogP contribution is -2.64. The van der Waals surface area contributed by atoms with Crippen LogP contribution in [0.25, 0.3) is 0 Å². The predicted octanol–water partition coefficient (Wildman–Crippen LogP) is -2.33. The summed E-state index contributed by atoms with van der Waals surface area (Å²) in [5.74, 6) is -2.20. The zero-order chi connectivity index (χ0) is 45.7. The number of hydrogen-bond donors (Lipinski definition) is 12. The molecule has 8 aliphatic rings. The molecule has 0 aromatic rings. The summed E-state index contributed by atoms with van der Waals surface area (Å²) in [7, 11) is 0. The van der Waals surface area contributed by atoms with Gasteiger partial charge in [-0.1, -0.05) is 44.6 Å². The maximum Gasteiger partial charge on any atom is 0.187 e. The summed E-state index contributed by atoms with van der Waals surface area (Å²) in [4.78, 5) is 0. The van der Waals surface area contributed by atoms with E-state index in [4.69, 9.17) is 33.2 Å². The molecule has 4 aliphatic heterocycles. The maximum absolute atomic E-state index is 12.5. The lowest BCUT2D eigenvalue weighted by Gasteiger charge is -2.62. The lowest BCUT2D eigenvalue weighted by molar-refractivity contribution is -0.363. The number of ether oxygens (including phenoxy) is 7. The molecule has 0 bridgehead atoms. The van der Waals surface area contributed by atoms with E-state index in [1.165, 1.54) is 6.92 Å². The highest BCUT2D eigenvalue weighted by atomic mass is 16.8. The van der Waals surface area contributed by atoms with Gasteiger partial charge in [-0.15, -0.1) is 0 Å². The zero-order valence-corrected chi connectivity index (χ0v) is 36.4. The monoisotopic (exact) mass is 902 g/mol. The van der Waals surface area contributed by atoms with Gasteiger partial charge in [0.05, 0.1) is 50.3 Å². The number of allylic oxidation sites excluding steroid dienone is 1. The van der Waals surface area contributed by atoms with E-state index in [1.807, 2.05) is 13.8 Å². The van der Waals surface area contributed by atoms with Crippen LogP contribution < -0.4 is 0 Å². The molecule has 8 rings (SSSR count). The summed E-state index contributed by atoms with van der Waals surface area (Å²) in [5.41, 5.74) is 0.257. The fourth-order valence-corrected chi connectivity index (χ4v) is 13.3. The van der Waals surface area contributed by atoms with E-state index in [0.29, 0.717) is 37.7 Å². The van der Waals surface area contributed by atoms with E-state index < -0.39 is 128 Å². The van der Waals surface area contributed by atoms with Crippen molar-refractivity contribution in [3.8, 4) is 0 Å². The van der Waals surface area contributed by atoms with Gasteiger partial charge in [0.15, 0.2) is 24.7 Å². The fraction of sp³-hybridized carbons (Fsp3) is 0.909. The molecule has 0 aromatic carbocycles. The SMILES string of the molecule is C=C(CCC1(O)OC2CC3C4CC=C5CC(O)CC(OC6OCC(O)C(O)C6OC6OC(C)C(O)C(O)C6O)C5(C)C4C(O)CC3(C)C2C1C)COC1OC(CO)C(O)C(O)C1O. The van der Waals surface area contributed by atoms with Crippen molar-refractivity contribution in [2.45, 2.75) is 189 Å². The fourth-order valence-electron chi connectivity index (χ4n) is 13.3. The molecule has 7 fully saturated rings. The van der Waals surface area contributed by atoms with Crippen LogP contribution in [-0.2, 0) is 33.2 Å². The number of rotatable bonds is 11. The second-order valence-corrected chi connectivity index (χ2v) is 20.4. The summed E-state index contributed by atoms with van der Waals surface area (Å²) in [6.07, 6.45) is -17.7. The highest BCUT2D eigenvalue weighted by Crippen LogP contribution is 2.70. The summed E-state index contributed by atoms with van der Waals surface area (Å²) in [6, 6.07) is 0. The van der Waals surface area contributed by atoms with E-state index in [2.05, 4.69) is 19.6 Å². The van der Waals surface area contributed by atoms with E-state index in [1.54, 1.807) is 0 Å². The van der Waals surface area contributed by atoms with Gasteiger partial charge in [0.2, 0.25) is 0 Å². The normalized spacial score (nSPS) is 55.6. The maximum atomic E-state index is 12.5. The van der Waals surface area contributed by atoms with Crippen molar-refractivity contribution in [3.63, 3.8) is 0 Å². The van der Waals surface area contributed by atoms with Crippen LogP contribution in [0.5, 0.6) is 0 Å². The highest BCUT2D eigenvalue weighted by Gasteiger charge is 2.70. The van der Waals surface area contributed by atoms with Crippen molar-refractivity contribution in [2.75, 3.05) is 19.8 Å². The first-order chi connectivity index (χ1) is 29.6. The molecule has 0 spiro atoms. The third kappa shape index (κ3) is 8.21. The van der Waals surface area contributed by atoms with Crippen LogP contribution in [0.1, 0.15) is 72.6 Å². The van der Waals surface area contributed by atoms with Crippen molar-refractivity contribution < 1.29 is 94.4 Å². The molecule has 19 heteroatoms. The van der Waals surface area contributed by atoms with E-state index >= 15 is 0 Å². The molecule has 4 heterocycles. The number of hydrogen-bond acceptors (Lipinski definition) is 19. The third-order valence-corrected chi connectivity index (χ3v) is 16.7. The first kappa shape index (κ1) is 48.2. The standard InChI is InChI=1S/C44H70O19/c1-17(15-57-39-36(54)35(53)33(51)27(14-45)60-39)8-9-44(56)18(2)29-26(63-44)12-23-22-7-6-20-10-21(46)11-28(43(20,5)30(22)24(47)13-42(23,29)4)61-41-38(32(50)25(48)16-58-41)62-40-37(55)34(52)31(49)19(3)59-40/h6,18-19,21-41,45-56H,1,7-16H2,2-5H3. The van der Waals surface area contributed by atoms with Crippen LogP contribution in [0, 0.1) is 40.4 Å². The van der Waals surface area contributed by atoms with Gasteiger partial charge in [-0.3, -0.25) is 0 Å². The number of fused-ring (bicyclic) bond motifs is 7. The largest absolute Gasteiger partial charge is 0.394 e. The van der Waals surface area contributed by atoms with Gasteiger partial charge in [0.1, 0.15) is 61.0 Å². The second kappa shape index (κ2) is 18.0. The zero-order valence-electron chi connectivity index (χ0n) is 36.4. The summed E-state index contributed by atoms with van der Waals surface area (Å²) in [6.45, 7) is 10.8. The average molecular weight is 903 g/mol. The lowest BCUT2D eigenvalue weighted by atomic mass is 9.45. The molecule has 4 aliphatic carbocycles. The molecule has 0 aromatic heterocycles. The minimum atomic E-state index is -1.70. The summed E-state index contributed by atoms with van der Waals surface area (Å²) in [5, 5.41) is 129. The molecular formula is C44H70O19. The first-order valence-corrected chi connectivity index (χ1v) is 22.7. The topological polar surface area (TPSA) is 307 Å². The van der Waals surface area contributed by atoms with Crippen molar-refractivity contribution in [1.29, 1.82) is 0 Å². The molecule has 26 atom stereocenters. The molecule has 12 N–H and O–H groups in total. The second-order valence-electron chi connectivity index (χ2n) is 20.4. The van der Waals surface area contributed by atoms with Crippen molar-refractivity contribution in [2.24, 2.45) is 40.4 Å². The van der Waals surface area contributed by atoms with Crippen LogP contribution >= 0.6 is 0 Å². The Morgan fingerprint density at radius 1 is 0.810 bits per heavy atom. The minimum absolute atomic E-state index is 0.0328. The first-order valence-electron chi connectivity index (χ1n) is 22.7. The third-order valence-electron chi connectivity index (χ3n) is 16.7. The summed E-state index contributed by atoms with van der Waals surface area (Å²) >= 11 is 0. The van der Waals surface area contributed by atoms with Crippen LogP contribution in [0.4, 0.5) is 0 Å². The van der Waals surface area contributed by atoms with Crippen LogP contribution in [0.3, 0.4) is 0 Å². The Morgan fingerprint density at radius 3 is 2.22 bits per heavy atom. The Bertz CT molecular complexity index is 1670. The van der Waals surface area contributed by atoms with E-state index in [0.717, 1.165) is 5.57 Å². The van der Waals surface area contributed by atoms with Gasteiger partial charge in [0, 0.05) is 24.2 Å². The minimum Gasteiger partial charge on any atom is -0.394 e. The molecule has 26 unspecified atom stereocenters. The molecule has 360 valence electrons. The van der Waals surface area contributed by atoms with Gasteiger partial charge in [-0.25, -0.2) is 0 Å². The van der Waals surface area contributed by atoms with E-state index in [-0.39, 0.29) is 61.7 Å². The molecule has 19 nitrogen and oxygen atoms in total. The highest BCUT2D eigenvalue weighted by molar-refractivity contribution is 5.30. The van der Waals surface area contributed by atoms with Crippen LogP contribution in [-0.4, -0.2) is 197 Å².